The van der Waals surface area contributed by atoms with Crippen molar-refractivity contribution in [2.75, 3.05) is 25.6 Å². The highest BCUT2D eigenvalue weighted by molar-refractivity contribution is 7.61. The van der Waals surface area contributed by atoms with Gasteiger partial charge in [-0.3, -0.25) is 28.0 Å². The number of nitrogens with two attached hydrogens (primary N) is 1. The zero-order valence-corrected chi connectivity index (χ0v) is 45.7. The van der Waals surface area contributed by atoms with Crippen molar-refractivity contribution >= 4 is 39.2 Å². The van der Waals surface area contributed by atoms with E-state index in [-0.39, 0.29) is 25.1 Å². The molecule has 10 atom stereocenters. The average Bonchev–Trinajstić information content (AvgIpc) is 3.33. The second kappa shape index (κ2) is 35.8. The first-order chi connectivity index (χ1) is 35.3. The van der Waals surface area contributed by atoms with Crippen LogP contribution in [0.2, 0.25) is 0 Å². The van der Waals surface area contributed by atoms with E-state index in [1.165, 1.54) is 94.7 Å². The number of carbonyl (C=O) groups is 3. The van der Waals surface area contributed by atoms with Crippen LogP contribution < -0.4 is 11.4 Å². The van der Waals surface area contributed by atoms with Crippen LogP contribution in [0.4, 0.5) is 5.82 Å². The van der Waals surface area contributed by atoms with Gasteiger partial charge in [0.1, 0.15) is 30.9 Å². The zero-order valence-electron chi connectivity index (χ0n) is 43.9. The maximum atomic E-state index is 13.8. The second-order valence-corrected chi connectivity index (χ2v) is 22.9. The minimum absolute atomic E-state index is 0.0121. The summed E-state index contributed by atoms with van der Waals surface area (Å²) in [6.45, 7) is 3.89. The van der Waals surface area contributed by atoms with Crippen LogP contribution in [0.15, 0.2) is 53.5 Å². The summed E-state index contributed by atoms with van der Waals surface area (Å²) in [5.41, 5.74) is 4.84. The maximum absolute atomic E-state index is 13.8. The average molecular weight is 1090 g/mol. The highest BCUT2D eigenvalue weighted by Gasteiger charge is 2.42. The van der Waals surface area contributed by atoms with Crippen molar-refractivity contribution in [3.05, 3.63) is 59.2 Å². The third kappa shape index (κ3) is 27.1. The molecule has 2 aliphatic rings. The number of esters is 2. The summed E-state index contributed by atoms with van der Waals surface area (Å²) in [7, 11) is -11.2. The third-order valence-corrected chi connectivity index (χ3v) is 15.5. The summed E-state index contributed by atoms with van der Waals surface area (Å²) in [6, 6.07) is 1.28. The molecule has 1 aromatic rings. The summed E-state index contributed by atoms with van der Waals surface area (Å²) in [5.74, 6) is -3.89. The number of nitrogen functional groups attached to an aromatic ring is 1. The van der Waals surface area contributed by atoms with Gasteiger partial charge in [-0.25, -0.2) is 13.9 Å². The van der Waals surface area contributed by atoms with Gasteiger partial charge in [-0.15, -0.1) is 0 Å². The molecule has 0 spiro atoms. The van der Waals surface area contributed by atoms with E-state index < -0.39 is 107 Å². The number of unbranched alkanes of at least 4 members (excludes halogenated alkanes) is 15. The summed E-state index contributed by atoms with van der Waals surface area (Å²) in [4.78, 5) is 78.0. The molecule has 20 nitrogen and oxygen atoms in total. The first-order valence-corrected chi connectivity index (χ1v) is 29.9. The fourth-order valence-electron chi connectivity index (χ4n) is 8.59. The van der Waals surface area contributed by atoms with Crippen molar-refractivity contribution in [3.8, 4) is 0 Å². The Bertz CT molecular complexity index is 2050. The first kappa shape index (κ1) is 64.9. The summed E-state index contributed by atoms with van der Waals surface area (Å²) < 4.78 is 59.2. The topological polar surface area (TPSA) is 303 Å². The number of aliphatic hydroxyl groups excluding tert-OH is 3. The largest absolute Gasteiger partial charge is 0.481 e. The van der Waals surface area contributed by atoms with Gasteiger partial charge in [0.15, 0.2) is 11.9 Å². The normalized spacial score (nSPS) is 27.7. The molecule has 1 aromatic heterocycles. The maximum Gasteiger partial charge on any atom is 0.481 e. The predicted octanol–water partition coefficient (Wildman–Crippen LogP) is 9.03. The molecule has 0 saturated heterocycles. The predicted molar refractivity (Wildman–Crippen MR) is 279 cm³/mol. The molecule has 3 heterocycles. The van der Waals surface area contributed by atoms with Gasteiger partial charge in [0.2, 0.25) is 0 Å². The minimum Gasteiger partial charge on any atom is -0.462 e. The lowest BCUT2D eigenvalue weighted by Gasteiger charge is -2.36. The lowest BCUT2D eigenvalue weighted by Crippen LogP contribution is -2.49. The van der Waals surface area contributed by atoms with Crippen molar-refractivity contribution < 1.29 is 76.2 Å². The van der Waals surface area contributed by atoms with Crippen LogP contribution in [-0.2, 0) is 51.1 Å². The number of cyclic esters (lactones) is 1. The number of allylic oxidation sites excluding steroid dienone is 3. The van der Waals surface area contributed by atoms with Crippen LogP contribution in [0.25, 0.3) is 0 Å². The number of aliphatic hydroxyl groups is 3. The van der Waals surface area contributed by atoms with Gasteiger partial charge in [-0.2, -0.15) is 9.29 Å². The van der Waals surface area contributed by atoms with Crippen LogP contribution in [0, 0.1) is 17.8 Å². The number of rotatable bonds is 25. The van der Waals surface area contributed by atoms with Gasteiger partial charge in [0.25, 0.3) is 0 Å². The van der Waals surface area contributed by atoms with E-state index in [0.717, 1.165) is 55.1 Å². The molecule has 7 N–H and O–H groups in total. The number of ether oxygens (including phenoxy) is 3. The van der Waals surface area contributed by atoms with E-state index >= 15 is 0 Å². The number of ketones is 1. The zero-order chi connectivity index (χ0) is 54.4. The van der Waals surface area contributed by atoms with Crippen LogP contribution in [-0.4, -0.2) is 103 Å². The quantitative estimate of drug-likeness (QED) is 0.0230. The highest BCUT2D eigenvalue weighted by atomic mass is 31.3. The van der Waals surface area contributed by atoms with Gasteiger partial charge in [0.05, 0.1) is 31.3 Å². The fraction of sp³-hybridized carbons (Fsp3) is 0.750. The number of phosphoric acid groups is 2. The monoisotopic (exact) mass is 1090 g/mol. The minimum atomic E-state index is -5.68. The lowest BCUT2D eigenvalue weighted by atomic mass is 9.88. The van der Waals surface area contributed by atoms with Crippen molar-refractivity contribution in [2.45, 2.75) is 212 Å². The molecule has 2 aliphatic heterocycles. The molecule has 0 fully saturated rings. The van der Waals surface area contributed by atoms with E-state index in [0.29, 0.717) is 32.1 Å². The number of aromatic nitrogens is 2. The molecular formula is C52H87N3O17P2. The first-order valence-electron chi connectivity index (χ1n) is 26.9. The van der Waals surface area contributed by atoms with E-state index in [1.807, 2.05) is 6.92 Å². The Balaban J connectivity index is 1.73. The Kier molecular flexibility index (Phi) is 31.4. The van der Waals surface area contributed by atoms with Crippen LogP contribution >= 0.6 is 15.6 Å². The Morgan fingerprint density at radius 3 is 2.08 bits per heavy atom. The van der Waals surface area contributed by atoms with Crippen molar-refractivity contribution in [1.82, 2.24) is 9.55 Å². The smallest absolute Gasteiger partial charge is 0.462 e. The molecule has 0 aliphatic carbocycles. The van der Waals surface area contributed by atoms with Crippen molar-refractivity contribution in [2.24, 2.45) is 17.8 Å². The number of anilines is 1. The van der Waals surface area contributed by atoms with Gasteiger partial charge >= 0.3 is 33.3 Å². The molecule has 2 bridgehead atoms. The lowest BCUT2D eigenvalue weighted by molar-refractivity contribution is -0.167. The van der Waals surface area contributed by atoms with Crippen LogP contribution in [0.3, 0.4) is 0 Å². The number of hydrogen-bond acceptors (Lipinski definition) is 17. The number of nitrogens with zero attached hydrogens (tertiary/aromatic N) is 2. The molecule has 74 heavy (non-hydrogen) atoms. The standard InChI is InChI=1S/C52H87N3O17P2/c1-4-5-20-27-41(56)31-32-43-44(57)33-30-40-26-22-18-19-23-28-47(58)67-36-42(70-48(59)29-24-17-15-13-11-9-7-6-8-10-12-14-16-21-25-39(2)3)37-68-73(63,64)72-74(65,66)69-38-45(50(61)49(43)60)71-51(40)55-35-34-46(53)54-52(55)62/h18,22,30-35,39-43,45,49-51,56,60-61H,4-17,19-21,23-29,36-38H2,1-3H3,(H,63,64)(H,65,66)(H2,53,54,62)/t40-,41-,42+,43-,45+,49-,50+,51+/m0/s1. The number of fused-ring (bicyclic) bond motifs is 3. The number of carbonyl (C=O) groups excluding carboxylic acids is 3. The third-order valence-electron chi connectivity index (χ3n) is 12.9. The summed E-state index contributed by atoms with van der Waals surface area (Å²) in [5, 5.41) is 33.9. The van der Waals surface area contributed by atoms with Gasteiger partial charge < -0.3 is 45.1 Å². The van der Waals surface area contributed by atoms with E-state index in [1.54, 1.807) is 12.2 Å². The molecule has 0 radical (unpaired) electrons. The Morgan fingerprint density at radius 1 is 0.851 bits per heavy atom. The van der Waals surface area contributed by atoms with Crippen molar-refractivity contribution in [3.63, 3.8) is 0 Å². The molecule has 0 saturated carbocycles. The second-order valence-electron chi connectivity index (χ2n) is 19.9. The van der Waals surface area contributed by atoms with E-state index in [9.17, 15) is 53.4 Å². The molecule has 2 unspecified atom stereocenters. The SMILES string of the molecule is CCCCC[C@H](O)C=C[C@H]1C(=O)C=C[C@@H]2CC=CCCCC(=O)OC[C@@H](OC(=O)CCCCCCCCCCCCCCCCC(C)C)COP(=O)(O)OP(=O)(O)OC[C@@H](O[C@H]2n2ccc(N)nc2=O)[C@@H](O)[C@H]1O. The Morgan fingerprint density at radius 2 is 1.46 bits per heavy atom. The van der Waals surface area contributed by atoms with E-state index in [2.05, 4.69) is 23.1 Å². The molecular weight excluding hydrogens is 1000 g/mol. The van der Waals surface area contributed by atoms with Crippen molar-refractivity contribution in [1.29, 1.82) is 0 Å². The summed E-state index contributed by atoms with van der Waals surface area (Å²) >= 11 is 0. The molecule has 22 heteroatoms. The highest BCUT2D eigenvalue weighted by Crippen LogP contribution is 2.60. The fourth-order valence-corrected chi connectivity index (χ4v) is 10.7. The number of phosphoric ester groups is 2. The molecule has 0 aromatic carbocycles. The van der Waals surface area contributed by atoms with Crippen LogP contribution in [0.5, 0.6) is 0 Å². The van der Waals surface area contributed by atoms with Gasteiger partial charge in [-0.05, 0) is 50.2 Å². The van der Waals surface area contributed by atoms with E-state index in [4.69, 9.17) is 29.0 Å². The Hall–Kier alpha value is -3.39. The van der Waals surface area contributed by atoms with Crippen LogP contribution in [0.1, 0.15) is 181 Å². The summed E-state index contributed by atoms with van der Waals surface area (Å²) in [6.07, 6.45) is 20.5. The number of hydrogen-bond donors (Lipinski definition) is 6. The van der Waals surface area contributed by atoms with Gasteiger partial charge in [0, 0.05) is 25.0 Å². The molecule has 422 valence electrons. The van der Waals surface area contributed by atoms with Gasteiger partial charge in [-0.1, -0.05) is 160 Å². The Labute approximate surface area is 437 Å². The molecule has 3 rings (SSSR count). The molecule has 0 amide bonds.